The summed E-state index contributed by atoms with van der Waals surface area (Å²) in [5, 5.41) is 19.0. The van der Waals surface area contributed by atoms with Gasteiger partial charge in [0.15, 0.2) is 0 Å². The van der Waals surface area contributed by atoms with E-state index in [0.717, 1.165) is 5.56 Å². The van der Waals surface area contributed by atoms with E-state index in [0.29, 0.717) is 22.9 Å². The van der Waals surface area contributed by atoms with Crippen LogP contribution in [0.5, 0.6) is 17.4 Å². The molecule has 3 aromatic rings. The second kappa shape index (κ2) is 6.58. The molecule has 1 aromatic heterocycles. The van der Waals surface area contributed by atoms with Crippen molar-refractivity contribution in [1.29, 1.82) is 5.26 Å². The summed E-state index contributed by atoms with van der Waals surface area (Å²) < 4.78 is 24.0. The number of rotatable bonds is 5. The molecule has 0 aliphatic heterocycles. The first-order valence-corrected chi connectivity index (χ1v) is 6.69. The van der Waals surface area contributed by atoms with Crippen LogP contribution in [0.4, 0.5) is 4.39 Å². The monoisotopic (exact) mass is 310 g/mol. The summed E-state index contributed by atoms with van der Waals surface area (Å²) in [6.45, 7) is 0.211. The van der Waals surface area contributed by atoms with E-state index in [1.807, 2.05) is 0 Å². The highest BCUT2D eigenvalue weighted by Crippen LogP contribution is 2.27. The standard InChI is InChI=1S/C16H11FN4O2/c17-13-4-1-11(2-5-13)10-22-15-7-14(6-3-12(15)8-18)23-16-9-19-21-20-16/h1-7,9H,10H2,(H,19,20,21). The van der Waals surface area contributed by atoms with E-state index in [1.165, 1.54) is 18.3 Å². The summed E-state index contributed by atoms with van der Waals surface area (Å²) in [6.07, 6.45) is 1.43. The minimum atomic E-state index is -0.311. The molecule has 2 aromatic carbocycles. The summed E-state index contributed by atoms with van der Waals surface area (Å²) in [6, 6.07) is 12.8. The lowest BCUT2D eigenvalue weighted by Crippen LogP contribution is -1.98. The van der Waals surface area contributed by atoms with Crippen molar-refractivity contribution in [2.75, 3.05) is 0 Å². The number of nitrogens with zero attached hydrogens (tertiary/aromatic N) is 3. The first-order valence-electron chi connectivity index (χ1n) is 6.69. The van der Waals surface area contributed by atoms with Gasteiger partial charge >= 0.3 is 0 Å². The number of hydrogen-bond acceptors (Lipinski definition) is 5. The number of aromatic nitrogens is 3. The zero-order valence-electron chi connectivity index (χ0n) is 11.9. The van der Waals surface area contributed by atoms with Gasteiger partial charge in [0.25, 0.3) is 5.88 Å². The van der Waals surface area contributed by atoms with Gasteiger partial charge in [0, 0.05) is 6.07 Å². The van der Waals surface area contributed by atoms with Gasteiger partial charge in [-0.1, -0.05) is 12.1 Å². The number of nitrogens with one attached hydrogen (secondary N) is 1. The van der Waals surface area contributed by atoms with Crippen molar-refractivity contribution in [1.82, 2.24) is 15.4 Å². The SMILES string of the molecule is N#Cc1ccc(Oc2cn[nH]n2)cc1OCc1ccc(F)cc1. The average Bonchev–Trinajstić information content (AvgIpc) is 3.07. The highest BCUT2D eigenvalue weighted by Gasteiger charge is 2.08. The van der Waals surface area contributed by atoms with Crippen LogP contribution in [0.1, 0.15) is 11.1 Å². The molecule has 0 radical (unpaired) electrons. The lowest BCUT2D eigenvalue weighted by Gasteiger charge is -2.10. The van der Waals surface area contributed by atoms with Crippen LogP contribution in [0, 0.1) is 17.1 Å². The van der Waals surface area contributed by atoms with Crippen molar-refractivity contribution >= 4 is 0 Å². The second-order valence-electron chi connectivity index (χ2n) is 4.60. The fourth-order valence-electron chi connectivity index (χ4n) is 1.88. The predicted octanol–water partition coefficient (Wildman–Crippen LogP) is 3.19. The van der Waals surface area contributed by atoms with E-state index in [1.54, 1.807) is 30.3 Å². The third kappa shape index (κ3) is 3.63. The van der Waals surface area contributed by atoms with Gasteiger partial charge < -0.3 is 9.47 Å². The van der Waals surface area contributed by atoms with Crippen molar-refractivity contribution in [2.45, 2.75) is 6.61 Å². The minimum absolute atomic E-state index is 0.211. The summed E-state index contributed by atoms with van der Waals surface area (Å²) in [5.74, 6) is 0.832. The number of aromatic amines is 1. The Labute approximate surface area is 131 Å². The lowest BCUT2D eigenvalue weighted by molar-refractivity contribution is 0.303. The molecule has 0 aliphatic rings. The Balaban J connectivity index is 1.76. The fraction of sp³-hybridized carbons (Fsp3) is 0.0625. The van der Waals surface area contributed by atoms with Crippen LogP contribution >= 0.6 is 0 Å². The summed E-state index contributed by atoms with van der Waals surface area (Å²) in [5.41, 5.74) is 1.16. The molecule has 0 unspecified atom stereocenters. The van der Waals surface area contributed by atoms with Gasteiger partial charge in [-0.2, -0.15) is 15.6 Å². The number of nitriles is 1. The largest absolute Gasteiger partial charge is 0.487 e. The first-order chi connectivity index (χ1) is 11.2. The quantitative estimate of drug-likeness (QED) is 0.782. The molecular weight excluding hydrogens is 299 g/mol. The van der Waals surface area contributed by atoms with Crippen LogP contribution in [0.3, 0.4) is 0 Å². The van der Waals surface area contributed by atoms with Crippen LogP contribution in [0.15, 0.2) is 48.7 Å². The maximum atomic E-state index is 12.9. The first kappa shape index (κ1) is 14.5. The Morgan fingerprint density at radius 1 is 1.17 bits per heavy atom. The molecule has 0 saturated heterocycles. The molecule has 1 heterocycles. The van der Waals surface area contributed by atoms with Crippen LogP contribution in [-0.2, 0) is 6.61 Å². The van der Waals surface area contributed by atoms with Crippen molar-refractivity contribution in [2.24, 2.45) is 0 Å². The van der Waals surface area contributed by atoms with E-state index >= 15 is 0 Å². The Hall–Kier alpha value is -3.40. The molecule has 23 heavy (non-hydrogen) atoms. The van der Waals surface area contributed by atoms with Crippen molar-refractivity contribution < 1.29 is 13.9 Å². The highest BCUT2D eigenvalue weighted by atomic mass is 19.1. The molecule has 0 saturated carbocycles. The van der Waals surface area contributed by atoms with E-state index < -0.39 is 0 Å². The molecule has 0 amide bonds. The normalized spacial score (nSPS) is 10.1. The van der Waals surface area contributed by atoms with Crippen LogP contribution in [0.2, 0.25) is 0 Å². The summed E-state index contributed by atoms with van der Waals surface area (Å²) >= 11 is 0. The van der Waals surface area contributed by atoms with E-state index in [9.17, 15) is 4.39 Å². The zero-order chi connectivity index (χ0) is 16.1. The third-order valence-electron chi connectivity index (χ3n) is 3.00. The molecule has 7 heteroatoms. The number of hydrogen-bond donors (Lipinski definition) is 1. The molecule has 0 bridgehead atoms. The molecule has 114 valence electrons. The third-order valence-corrected chi connectivity index (χ3v) is 3.00. The molecule has 0 spiro atoms. The van der Waals surface area contributed by atoms with E-state index in [4.69, 9.17) is 14.7 Å². The van der Waals surface area contributed by atoms with Crippen molar-refractivity contribution in [3.05, 3.63) is 65.6 Å². The van der Waals surface area contributed by atoms with Crippen molar-refractivity contribution in [3.8, 4) is 23.4 Å². The molecule has 3 rings (SSSR count). The summed E-state index contributed by atoms with van der Waals surface area (Å²) in [7, 11) is 0. The fourth-order valence-corrected chi connectivity index (χ4v) is 1.88. The van der Waals surface area contributed by atoms with Gasteiger partial charge in [0.1, 0.15) is 36.2 Å². The number of ether oxygens (including phenoxy) is 2. The summed E-state index contributed by atoms with van der Waals surface area (Å²) in [4.78, 5) is 0. The molecular formula is C16H11FN4O2. The smallest absolute Gasteiger partial charge is 0.258 e. The molecule has 1 N–H and O–H groups in total. The predicted molar refractivity (Wildman–Crippen MR) is 78.3 cm³/mol. The topological polar surface area (TPSA) is 83.8 Å². The van der Waals surface area contributed by atoms with Gasteiger partial charge in [0.2, 0.25) is 0 Å². The lowest BCUT2D eigenvalue weighted by atomic mass is 10.2. The van der Waals surface area contributed by atoms with Gasteiger partial charge in [-0.05, 0) is 29.8 Å². The highest BCUT2D eigenvalue weighted by molar-refractivity contribution is 5.48. The van der Waals surface area contributed by atoms with Gasteiger partial charge in [-0.3, -0.25) is 0 Å². The Kier molecular flexibility index (Phi) is 4.16. The number of H-pyrrole nitrogens is 1. The molecule has 0 atom stereocenters. The zero-order valence-corrected chi connectivity index (χ0v) is 11.9. The van der Waals surface area contributed by atoms with E-state index in [-0.39, 0.29) is 12.4 Å². The average molecular weight is 310 g/mol. The second-order valence-corrected chi connectivity index (χ2v) is 4.60. The minimum Gasteiger partial charge on any atom is -0.487 e. The Morgan fingerprint density at radius 3 is 2.70 bits per heavy atom. The number of benzene rings is 2. The van der Waals surface area contributed by atoms with Crippen LogP contribution in [0.25, 0.3) is 0 Å². The molecule has 6 nitrogen and oxygen atoms in total. The Morgan fingerprint density at radius 2 is 2.00 bits per heavy atom. The maximum Gasteiger partial charge on any atom is 0.258 e. The van der Waals surface area contributed by atoms with Gasteiger partial charge in [-0.15, -0.1) is 5.10 Å². The molecule has 0 aliphatic carbocycles. The van der Waals surface area contributed by atoms with Crippen molar-refractivity contribution in [3.63, 3.8) is 0 Å². The maximum absolute atomic E-state index is 12.9. The van der Waals surface area contributed by atoms with E-state index in [2.05, 4.69) is 21.5 Å². The van der Waals surface area contributed by atoms with Gasteiger partial charge in [-0.25, -0.2) is 4.39 Å². The number of halogens is 1. The van der Waals surface area contributed by atoms with Gasteiger partial charge in [0.05, 0.1) is 5.56 Å². The van der Waals surface area contributed by atoms with Crippen LogP contribution < -0.4 is 9.47 Å². The Bertz CT molecular complexity index is 826. The van der Waals surface area contributed by atoms with Crippen LogP contribution in [-0.4, -0.2) is 15.4 Å². The molecule has 0 fully saturated rings.